The number of rotatable bonds is 18. The van der Waals surface area contributed by atoms with Crippen molar-refractivity contribution in [3.8, 4) is 11.1 Å². The van der Waals surface area contributed by atoms with E-state index in [1.165, 1.54) is 16.0 Å². The number of anilines is 1. The molecule has 480 valence electrons. The second kappa shape index (κ2) is 27.5. The lowest BCUT2D eigenvalue weighted by atomic mass is 9.85. The zero-order chi connectivity index (χ0) is 65.0. The maximum atomic E-state index is 15.1. The van der Waals surface area contributed by atoms with Crippen molar-refractivity contribution in [3.05, 3.63) is 196 Å². The van der Waals surface area contributed by atoms with Crippen molar-refractivity contribution in [1.82, 2.24) is 41.7 Å². The van der Waals surface area contributed by atoms with Gasteiger partial charge in [0.2, 0.25) is 29.5 Å². The molecule has 2 saturated heterocycles. The third-order valence-corrected chi connectivity index (χ3v) is 21.8. The number of amides is 8. The molecule has 0 bridgehead atoms. The van der Waals surface area contributed by atoms with Crippen LogP contribution in [0.25, 0.3) is 11.1 Å². The van der Waals surface area contributed by atoms with Gasteiger partial charge in [0.05, 0.1) is 26.2 Å². The molecule has 0 unspecified atom stereocenters. The van der Waals surface area contributed by atoms with Gasteiger partial charge in [-0.25, -0.2) is 4.79 Å². The van der Waals surface area contributed by atoms with Crippen LogP contribution in [-0.2, 0) is 48.0 Å². The number of nitrogens with one attached hydrogen (secondary N) is 7. The fourth-order valence-electron chi connectivity index (χ4n) is 14.1. The summed E-state index contributed by atoms with van der Waals surface area (Å²) >= 11 is 0. The average molecular weight is 1260 g/mol. The number of benzene rings is 6. The molecule has 92 heavy (non-hydrogen) atoms. The number of likely N-dealkylation sites (N-methyl/N-ethyl adjacent to an activating group) is 1. The average Bonchev–Trinajstić information content (AvgIpc) is 1.62. The van der Waals surface area contributed by atoms with Gasteiger partial charge in [0, 0.05) is 47.9 Å². The van der Waals surface area contributed by atoms with Gasteiger partial charge >= 0.3 is 6.09 Å². The number of ether oxygens (including phenoxy) is 1. The van der Waals surface area contributed by atoms with Crippen LogP contribution in [0.15, 0.2) is 146 Å². The van der Waals surface area contributed by atoms with E-state index in [0.29, 0.717) is 29.0 Å². The maximum absolute atomic E-state index is 15.1. The van der Waals surface area contributed by atoms with Crippen molar-refractivity contribution in [2.24, 2.45) is 5.41 Å². The molecule has 0 aromatic heterocycles. The van der Waals surface area contributed by atoms with Gasteiger partial charge in [-0.15, -0.1) is 0 Å². The number of alkyl carbamates (subject to hydrolysis) is 1. The summed E-state index contributed by atoms with van der Waals surface area (Å²) < 4.78 is 6.01. The van der Waals surface area contributed by atoms with Crippen molar-refractivity contribution < 1.29 is 43.1 Å². The standard InChI is InChI=1S/C73H85N9O9Si/c1-44(74-5)65(83)80-64(73(2,3)4)71(89)81-40-51(39-62(81)68(86)77-59-28-16-20-46-18-8-10-22-52(46)59)76-67(85)49-34-36-50(37-35-49)75-66(84)48-32-30-45(31-33-48)38-61(79-72(90)91-41-58-56-26-14-12-24-54(56)55-25-13-15-27-57(55)58)70(88)82-43-92(6,7)42-63(82)69(87)78-60-29-17-21-47-19-9-11-23-53(47)60/h8-15,18-19,22-27,30-37,44,51,58-64,74H,16-17,20-21,28-29,38-43H2,1-7H3,(H,75,84)(H,76,85)(H,77,86)(H,78,87)(H,79,90)(H,80,83)/t44-,51-,59+,60+,61-,62-,63-,64+/m0/s1. The summed E-state index contributed by atoms with van der Waals surface area (Å²) in [4.78, 5) is 117. The summed E-state index contributed by atoms with van der Waals surface area (Å²) in [6.07, 6.45) is 5.07. The number of carbonyl (C=O) groups is 8. The summed E-state index contributed by atoms with van der Waals surface area (Å²) in [7, 11) is -0.456. The number of carbonyl (C=O) groups excluding carboxylic acids is 8. The lowest BCUT2D eigenvalue weighted by Crippen LogP contribution is -2.59. The first-order chi connectivity index (χ1) is 44.1. The summed E-state index contributed by atoms with van der Waals surface area (Å²) in [5.41, 5.74) is 9.75. The molecule has 0 saturated carbocycles. The maximum Gasteiger partial charge on any atom is 0.407 e. The molecule has 2 heterocycles. The molecule has 0 spiro atoms. The minimum absolute atomic E-state index is 0.0286. The Kier molecular flexibility index (Phi) is 19.3. The second-order valence-electron chi connectivity index (χ2n) is 27.3. The van der Waals surface area contributed by atoms with E-state index in [4.69, 9.17) is 4.74 Å². The van der Waals surface area contributed by atoms with Crippen LogP contribution < -0.4 is 37.2 Å². The van der Waals surface area contributed by atoms with Gasteiger partial charge in [0.1, 0.15) is 30.8 Å². The molecule has 19 heteroatoms. The topological polar surface area (TPSA) is 236 Å². The van der Waals surface area contributed by atoms with Crippen molar-refractivity contribution in [2.45, 2.75) is 152 Å². The lowest BCUT2D eigenvalue weighted by Gasteiger charge is -2.36. The minimum Gasteiger partial charge on any atom is -0.449 e. The normalized spacial score (nSPS) is 20.6. The molecular formula is C73H85N9O9Si. The SMILES string of the molecule is CN[C@@H](C)C(=O)N[C@H](C(=O)N1C[C@@H](NC(=O)c2ccc(NC(=O)c3ccc(C[C@H](NC(=O)OCC4c5ccccc5-c5ccccc54)C(=O)N4C[Si](C)(C)C[C@H]4C(=O)N[C@@H]4CCCc5ccccc54)cc3)cc2)C[C@H]1C(=O)N[C@@H]1CCCc2ccccc21)C(C)(C)C. The van der Waals surface area contributed by atoms with E-state index in [1.54, 1.807) is 67.4 Å². The van der Waals surface area contributed by atoms with Crippen LogP contribution in [0, 0.1) is 5.41 Å². The van der Waals surface area contributed by atoms with Gasteiger partial charge in [0.15, 0.2) is 0 Å². The molecule has 8 amide bonds. The zero-order valence-electron chi connectivity index (χ0n) is 53.6. The van der Waals surface area contributed by atoms with Gasteiger partial charge in [-0.05, 0) is 157 Å². The number of aryl methyl sites for hydroxylation is 2. The van der Waals surface area contributed by atoms with Crippen LogP contribution in [0.4, 0.5) is 10.5 Å². The number of likely N-dealkylation sites (tertiary alicyclic amines) is 1. The summed E-state index contributed by atoms with van der Waals surface area (Å²) in [6, 6.07) is 40.7. The molecule has 2 fully saturated rings. The third-order valence-electron chi connectivity index (χ3n) is 19.1. The van der Waals surface area contributed by atoms with E-state index >= 15 is 4.79 Å². The van der Waals surface area contributed by atoms with Crippen LogP contribution in [0.3, 0.4) is 0 Å². The van der Waals surface area contributed by atoms with Gasteiger partial charge in [0.25, 0.3) is 11.8 Å². The molecule has 2 aliphatic heterocycles. The van der Waals surface area contributed by atoms with Crippen molar-refractivity contribution >= 4 is 61.2 Å². The molecule has 3 aliphatic carbocycles. The Morgan fingerprint density at radius 3 is 1.72 bits per heavy atom. The van der Waals surface area contributed by atoms with Crippen LogP contribution in [0.2, 0.25) is 19.1 Å². The van der Waals surface area contributed by atoms with Crippen LogP contribution in [0.1, 0.15) is 137 Å². The van der Waals surface area contributed by atoms with E-state index in [2.05, 4.69) is 80.6 Å². The Hall–Kier alpha value is -8.94. The van der Waals surface area contributed by atoms with Gasteiger partial charge in [-0.2, -0.15) is 0 Å². The van der Waals surface area contributed by atoms with E-state index in [-0.39, 0.29) is 73.2 Å². The van der Waals surface area contributed by atoms with E-state index < -0.39 is 73.6 Å². The van der Waals surface area contributed by atoms with Gasteiger partial charge in [-0.3, -0.25) is 33.6 Å². The van der Waals surface area contributed by atoms with Crippen LogP contribution >= 0.6 is 0 Å². The number of hydrogen-bond acceptors (Lipinski definition) is 10. The van der Waals surface area contributed by atoms with Gasteiger partial charge in [-0.1, -0.05) is 143 Å². The predicted octanol–water partition coefficient (Wildman–Crippen LogP) is 9.07. The number of nitrogens with zero attached hydrogens (tertiary/aromatic N) is 2. The first-order valence-electron chi connectivity index (χ1n) is 32.4. The number of hydrogen-bond donors (Lipinski definition) is 7. The molecule has 6 aromatic carbocycles. The van der Waals surface area contributed by atoms with E-state index in [0.717, 1.165) is 71.9 Å². The molecule has 6 aromatic rings. The fourth-order valence-corrected chi connectivity index (χ4v) is 17.0. The Morgan fingerprint density at radius 2 is 1.14 bits per heavy atom. The minimum atomic E-state index is -2.12. The third kappa shape index (κ3) is 14.4. The van der Waals surface area contributed by atoms with Crippen LogP contribution in [0.5, 0.6) is 0 Å². The highest BCUT2D eigenvalue weighted by atomic mass is 28.3. The van der Waals surface area contributed by atoms with E-state index in [9.17, 15) is 33.6 Å². The Balaban J connectivity index is 0.758. The first kappa shape index (κ1) is 64.6. The molecule has 8 atom stereocenters. The largest absolute Gasteiger partial charge is 0.449 e. The second-order valence-corrected chi connectivity index (χ2v) is 32.4. The van der Waals surface area contributed by atoms with Gasteiger partial charge < -0.3 is 51.8 Å². The van der Waals surface area contributed by atoms with Crippen molar-refractivity contribution in [2.75, 3.05) is 31.7 Å². The van der Waals surface area contributed by atoms with Crippen molar-refractivity contribution in [3.63, 3.8) is 0 Å². The molecule has 0 radical (unpaired) electrons. The monoisotopic (exact) mass is 1260 g/mol. The molecular weight excluding hydrogens is 1170 g/mol. The first-order valence-corrected chi connectivity index (χ1v) is 35.8. The Morgan fingerprint density at radius 1 is 0.609 bits per heavy atom. The fraction of sp³-hybridized carbons (Fsp3) is 0.397. The quantitative estimate of drug-likeness (QED) is 0.0403. The molecule has 18 nitrogen and oxygen atoms in total. The zero-order valence-corrected chi connectivity index (χ0v) is 54.6. The smallest absolute Gasteiger partial charge is 0.407 e. The van der Waals surface area contributed by atoms with Crippen LogP contribution in [-0.4, -0.2) is 128 Å². The van der Waals surface area contributed by atoms with Crippen molar-refractivity contribution in [1.29, 1.82) is 0 Å². The molecule has 5 aliphatic rings. The summed E-state index contributed by atoms with van der Waals surface area (Å²) in [6.45, 7) is 11.7. The lowest BCUT2D eigenvalue weighted by molar-refractivity contribution is -0.144. The Bertz CT molecular complexity index is 3730. The molecule has 11 rings (SSSR count). The Labute approximate surface area is 539 Å². The van der Waals surface area contributed by atoms with E-state index in [1.807, 2.05) is 87.5 Å². The predicted molar refractivity (Wildman–Crippen MR) is 356 cm³/mol. The highest BCUT2D eigenvalue weighted by Gasteiger charge is 2.49. The summed E-state index contributed by atoms with van der Waals surface area (Å²) in [5.74, 6) is -2.79. The highest BCUT2D eigenvalue weighted by molar-refractivity contribution is 6.79. The summed E-state index contributed by atoms with van der Waals surface area (Å²) in [5, 5.41) is 21.3. The molecule has 7 N–H and O–H groups in total. The number of fused-ring (bicyclic) bond motifs is 5. The highest BCUT2D eigenvalue weighted by Crippen LogP contribution is 2.45.